The molecule has 0 atom stereocenters. The fourth-order valence-electron chi connectivity index (χ4n) is 4.21. The highest BCUT2D eigenvalue weighted by atomic mass is 19.2. The minimum atomic E-state index is -2.14. The number of hydrogen-bond acceptors (Lipinski definition) is 0. The van der Waals surface area contributed by atoms with Gasteiger partial charge in [-0.3, -0.25) is 0 Å². The van der Waals surface area contributed by atoms with Crippen LogP contribution in [0.25, 0.3) is 43.8 Å². The van der Waals surface area contributed by atoms with Gasteiger partial charge < -0.3 is 0 Å². The Kier molecular flexibility index (Phi) is 5.04. The molecule has 34 heavy (non-hydrogen) atoms. The van der Waals surface area contributed by atoms with E-state index in [-0.39, 0.29) is 27.5 Å². The Hall–Kier alpha value is -3.94. The summed E-state index contributed by atoms with van der Waals surface area (Å²) < 4.78 is 115. The monoisotopic (exact) mass is 474 g/mol. The van der Waals surface area contributed by atoms with Gasteiger partial charge in [0.2, 0.25) is 0 Å². The third-order valence-electron chi connectivity index (χ3n) is 5.64. The van der Waals surface area contributed by atoms with Crippen molar-refractivity contribution in [1.82, 2.24) is 0 Å². The maximum absolute atomic E-state index is 15.3. The van der Waals surface area contributed by atoms with Crippen molar-refractivity contribution in [2.24, 2.45) is 0 Å². The molecule has 0 bridgehead atoms. The Morgan fingerprint density at radius 1 is 0.441 bits per heavy atom. The average Bonchev–Trinajstić information content (AvgIpc) is 2.82. The van der Waals surface area contributed by atoms with Gasteiger partial charge in [0, 0.05) is 33.5 Å². The zero-order valence-electron chi connectivity index (χ0n) is 16.8. The molecule has 5 rings (SSSR count). The quantitative estimate of drug-likeness (QED) is 0.104. The lowest BCUT2D eigenvalue weighted by molar-refractivity contribution is 0.418. The molecule has 0 spiro atoms. The number of rotatable bonds is 2. The summed E-state index contributed by atoms with van der Waals surface area (Å²) in [6.07, 6.45) is 0. The molecule has 0 aromatic heterocycles. The first-order chi connectivity index (χ1) is 16.2. The van der Waals surface area contributed by atoms with Gasteiger partial charge in [-0.05, 0) is 40.6 Å². The highest BCUT2D eigenvalue weighted by Crippen LogP contribution is 2.47. The molecule has 0 aliphatic heterocycles. The van der Waals surface area contributed by atoms with Crippen LogP contribution >= 0.6 is 0 Å². The molecule has 5 aromatic carbocycles. The molecule has 0 aliphatic carbocycles. The van der Waals surface area contributed by atoms with Gasteiger partial charge in [-0.2, -0.15) is 0 Å². The van der Waals surface area contributed by atoms with E-state index in [4.69, 9.17) is 0 Å². The second kappa shape index (κ2) is 7.83. The summed E-state index contributed by atoms with van der Waals surface area (Å²) in [5.41, 5.74) is -1.17. The first-order valence-electron chi connectivity index (χ1n) is 9.82. The first-order valence-corrected chi connectivity index (χ1v) is 9.82. The van der Waals surface area contributed by atoms with Gasteiger partial charge in [0.25, 0.3) is 0 Å². The summed E-state index contributed by atoms with van der Waals surface area (Å²) in [5.74, 6) is -12.5. The van der Waals surface area contributed by atoms with Crippen molar-refractivity contribution in [1.29, 1.82) is 0 Å². The van der Waals surface area contributed by atoms with Crippen LogP contribution in [0.2, 0.25) is 0 Å². The van der Waals surface area contributed by atoms with Gasteiger partial charge in [-0.15, -0.1) is 0 Å². The van der Waals surface area contributed by atoms with E-state index in [1.165, 1.54) is 24.3 Å². The van der Waals surface area contributed by atoms with Crippen LogP contribution in [0.4, 0.5) is 35.1 Å². The van der Waals surface area contributed by atoms with Crippen molar-refractivity contribution in [2.75, 3.05) is 0 Å². The Bertz CT molecular complexity index is 1640. The average molecular weight is 474 g/mol. The summed E-state index contributed by atoms with van der Waals surface area (Å²) in [6.45, 7) is 0. The smallest absolute Gasteiger partial charge is 0.198 e. The lowest BCUT2D eigenvalue weighted by Crippen LogP contribution is -2.03. The van der Waals surface area contributed by atoms with Crippen molar-refractivity contribution in [3.63, 3.8) is 0 Å². The Balaban J connectivity index is 2.11. The molecule has 0 N–H and O–H groups in total. The summed E-state index contributed by atoms with van der Waals surface area (Å²) in [7, 11) is 0. The largest absolute Gasteiger partial charge is 0.207 e. The van der Waals surface area contributed by atoms with E-state index < -0.39 is 62.9 Å². The van der Waals surface area contributed by atoms with E-state index in [1.54, 1.807) is 0 Å². The van der Waals surface area contributed by atoms with Crippen LogP contribution in [0.5, 0.6) is 0 Å². The summed E-state index contributed by atoms with van der Waals surface area (Å²) in [6, 6.07) is 10.6. The van der Waals surface area contributed by atoms with Crippen LogP contribution in [0.15, 0.2) is 60.7 Å². The molecule has 0 amide bonds. The van der Waals surface area contributed by atoms with E-state index in [0.29, 0.717) is 12.1 Å². The molecule has 8 heteroatoms. The fourth-order valence-corrected chi connectivity index (χ4v) is 4.21. The molecule has 0 nitrogen and oxygen atoms in total. The predicted octanol–water partition coefficient (Wildman–Crippen LogP) is 8.44. The summed E-state index contributed by atoms with van der Waals surface area (Å²) in [4.78, 5) is 0. The molecule has 0 saturated carbocycles. The molecular weight excluding hydrogens is 464 g/mol. The van der Waals surface area contributed by atoms with Gasteiger partial charge in [0.15, 0.2) is 34.9 Å². The highest BCUT2D eigenvalue weighted by Gasteiger charge is 2.29. The molecule has 5 aromatic rings. The second-order valence-electron chi connectivity index (χ2n) is 7.55. The van der Waals surface area contributed by atoms with E-state index in [9.17, 15) is 26.3 Å². The van der Waals surface area contributed by atoms with E-state index in [1.807, 2.05) is 0 Å². The normalized spacial score (nSPS) is 11.5. The molecule has 0 unspecified atom stereocenters. The SMILES string of the molecule is Fc1ccc(-c2c3ccccc3c(-c3ccc(F)c(F)c3)c3c(F)c(F)c(F)c(F)c23)c(F)c1. The summed E-state index contributed by atoms with van der Waals surface area (Å²) >= 11 is 0. The molecule has 0 heterocycles. The van der Waals surface area contributed by atoms with Crippen molar-refractivity contribution >= 4 is 21.5 Å². The molecule has 170 valence electrons. The number of hydrogen-bond donors (Lipinski definition) is 0. The number of halogens is 8. The Morgan fingerprint density at radius 2 is 1.03 bits per heavy atom. The number of benzene rings is 5. The van der Waals surface area contributed by atoms with E-state index in [0.717, 1.165) is 24.3 Å². The summed E-state index contributed by atoms with van der Waals surface area (Å²) in [5, 5.41) is -1.49. The van der Waals surface area contributed by atoms with Crippen molar-refractivity contribution in [3.05, 3.63) is 107 Å². The van der Waals surface area contributed by atoms with Gasteiger partial charge in [-0.1, -0.05) is 30.3 Å². The maximum Gasteiger partial charge on any atom is 0.198 e. The lowest BCUT2D eigenvalue weighted by Gasteiger charge is -2.19. The minimum Gasteiger partial charge on any atom is -0.207 e. The molecule has 0 aliphatic rings. The van der Waals surface area contributed by atoms with Crippen LogP contribution in [0, 0.1) is 46.5 Å². The zero-order valence-corrected chi connectivity index (χ0v) is 16.8. The van der Waals surface area contributed by atoms with Crippen LogP contribution in [-0.2, 0) is 0 Å². The molecular formula is C26H10F8. The molecule has 0 radical (unpaired) electrons. The van der Waals surface area contributed by atoms with Crippen LogP contribution in [0.1, 0.15) is 0 Å². The first kappa shape index (κ1) is 21.9. The maximum atomic E-state index is 15.3. The van der Waals surface area contributed by atoms with Gasteiger partial charge in [0.1, 0.15) is 11.6 Å². The van der Waals surface area contributed by atoms with Crippen LogP contribution in [-0.4, -0.2) is 0 Å². The third kappa shape index (κ3) is 3.13. The highest BCUT2D eigenvalue weighted by molar-refractivity contribution is 6.21. The topological polar surface area (TPSA) is 0 Å². The Labute approximate surface area is 186 Å². The van der Waals surface area contributed by atoms with Gasteiger partial charge >= 0.3 is 0 Å². The van der Waals surface area contributed by atoms with Gasteiger partial charge in [-0.25, -0.2) is 35.1 Å². The second-order valence-corrected chi connectivity index (χ2v) is 7.55. The van der Waals surface area contributed by atoms with Crippen molar-refractivity contribution in [3.8, 4) is 22.3 Å². The predicted molar refractivity (Wildman–Crippen MR) is 112 cm³/mol. The zero-order chi connectivity index (χ0) is 24.3. The van der Waals surface area contributed by atoms with E-state index in [2.05, 4.69) is 0 Å². The molecule has 0 fully saturated rings. The van der Waals surface area contributed by atoms with Crippen molar-refractivity contribution in [2.45, 2.75) is 0 Å². The van der Waals surface area contributed by atoms with Crippen LogP contribution in [0.3, 0.4) is 0 Å². The van der Waals surface area contributed by atoms with Crippen molar-refractivity contribution < 1.29 is 35.1 Å². The third-order valence-corrected chi connectivity index (χ3v) is 5.64. The Morgan fingerprint density at radius 3 is 1.62 bits per heavy atom. The number of fused-ring (bicyclic) bond motifs is 2. The van der Waals surface area contributed by atoms with E-state index >= 15 is 8.78 Å². The lowest BCUT2D eigenvalue weighted by atomic mass is 9.85. The minimum absolute atomic E-state index is 0.0598. The van der Waals surface area contributed by atoms with Crippen LogP contribution < -0.4 is 0 Å². The molecule has 0 saturated heterocycles. The standard InChI is InChI=1S/C26H10F8/c27-12-6-7-15(17(29)10-12)20-14-4-2-1-3-13(14)19(11-5-8-16(28)18(30)9-11)21-22(20)24(32)26(34)25(33)23(21)31/h1-10H. The van der Waals surface area contributed by atoms with Gasteiger partial charge in [0.05, 0.1) is 0 Å². The fraction of sp³-hybridized carbons (Fsp3) is 0.